The van der Waals surface area contributed by atoms with Gasteiger partial charge in [-0.1, -0.05) is 23.2 Å². The molecule has 0 radical (unpaired) electrons. The minimum absolute atomic E-state index is 0.0611. The van der Waals surface area contributed by atoms with Crippen LogP contribution in [0.3, 0.4) is 0 Å². The van der Waals surface area contributed by atoms with E-state index in [9.17, 15) is 4.79 Å². The maximum absolute atomic E-state index is 10.9. The molecule has 1 aromatic carbocycles. The van der Waals surface area contributed by atoms with Crippen LogP contribution in [0.1, 0.15) is 16.1 Å². The first-order valence-electron chi connectivity index (χ1n) is 4.74. The van der Waals surface area contributed by atoms with E-state index in [0.29, 0.717) is 26.9 Å². The number of carboxylic acid groups (broad SMARTS) is 1. The molecule has 0 aliphatic rings. The zero-order valence-electron chi connectivity index (χ0n) is 8.79. The van der Waals surface area contributed by atoms with Crippen molar-refractivity contribution < 1.29 is 9.90 Å². The number of nitrogens with one attached hydrogen (secondary N) is 1. The third-order valence-electron chi connectivity index (χ3n) is 2.41. The van der Waals surface area contributed by atoms with Crippen LogP contribution in [0.4, 0.5) is 0 Å². The van der Waals surface area contributed by atoms with Crippen LogP contribution < -0.4 is 0 Å². The molecular formula is C11H8Cl2N2O2. The largest absolute Gasteiger partial charge is 0.477 e. The molecular weight excluding hydrogens is 263 g/mol. The molecule has 4 nitrogen and oxygen atoms in total. The summed E-state index contributed by atoms with van der Waals surface area (Å²) >= 11 is 11.8. The molecule has 0 aliphatic heterocycles. The number of hydrogen-bond donors (Lipinski definition) is 2. The van der Waals surface area contributed by atoms with Gasteiger partial charge in [-0.3, -0.25) is 5.10 Å². The average Bonchev–Trinajstić information content (AvgIpc) is 2.60. The number of nitrogens with zero attached hydrogens (tertiary/aromatic N) is 1. The van der Waals surface area contributed by atoms with Crippen LogP contribution in [0.5, 0.6) is 0 Å². The van der Waals surface area contributed by atoms with E-state index >= 15 is 0 Å². The number of aromatic nitrogens is 2. The number of carbonyl (C=O) groups is 1. The van der Waals surface area contributed by atoms with Crippen LogP contribution in [0.25, 0.3) is 11.3 Å². The van der Waals surface area contributed by atoms with Gasteiger partial charge in [0.05, 0.1) is 10.7 Å². The predicted octanol–water partition coefficient (Wildman–Crippen LogP) is 3.39. The Morgan fingerprint density at radius 3 is 2.65 bits per heavy atom. The quantitative estimate of drug-likeness (QED) is 0.879. The normalized spacial score (nSPS) is 10.5. The summed E-state index contributed by atoms with van der Waals surface area (Å²) in [5.74, 6) is -1.05. The van der Waals surface area contributed by atoms with Gasteiger partial charge in [-0.25, -0.2) is 4.79 Å². The van der Waals surface area contributed by atoms with Crippen LogP contribution in [-0.2, 0) is 0 Å². The van der Waals surface area contributed by atoms with Crippen molar-refractivity contribution in [3.63, 3.8) is 0 Å². The van der Waals surface area contributed by atoms with Crippen molar-refractivity contribution in [2.45, 2.75) is 6.92 Å². The first kappa shape index (κ1) is 12.0. The minimum Gasteiger partial charge on any atom is -0.477 e. The second-order valence-electron chi connectivity index (χ2n) is 3.50. The summed E-state index contributed by atoms with van der Waals surface area (Å²) in [5, 5.41) is 16.3. The van der Waals surface area contributed by atoms with Gasteiger partial charge in [0.2, 0.25) is 0 Å². The lowest BCUT2D eigenvalue weighted by Crippen LogP contribution is -1.98. The fraction of sp³-hybridized carbons (Fsp3) is 0.0909. The van der Waals surface area contributed by atoms with Crippen LogP contribution in [0.15, 0.2) is 18.2 Å². The highest BCUT2D eigenvalue weighted by Crippen LogP contribution is 2.31. The molecule has 0 atom stereocenters. The number of carboxylic acids is 1. The Kier molecular flexibility index (Phi) is 3.09. The highest BCUT2D eigenvalue weighted by molar-refractivity contribution is 6.36. The molecule has 88 valence electrons. The summed E-state index contributed by atoms with van der Waals surface area (Å²) < 4.78 is 0. The molecule has 0 fully saturated rings. The van der Waals surface area contributed by atoms with Crippen LogP contribution in [-0.4, -0.2) is 21.3 Å². The van der Waals surface area contributed by atoms with Gasteiger partial charge in [0.1, 0.15) is 5.69 Å². The van der Waals surface area contributed by atoms with Gasteiger partial charge in [0.25, 0.3) is 0 Å². The molecule has 2 N–H and O–H groups in total. The molecule has 6 heteroatoms. The van der Waals surface area contributed by atoms with Gasteiger partial charge >= 0.3 is 5.97 Å². The van der Waals surface area contributed by atoms with Gasteiger partial charge in [0, 0.05) is 16.1 Å². The highest BCUT2D eigenvalue weighted by Gasteiger charge is 2.17. The molecule has 0 amide bonds. The Morgan fingerprint density at radius 1 is 1.41 bits per heavy atom. The maximum Gasteiger partial charge on any atom is 0.354 e. The molecule has 0 saturated carbocycles. The van der Waals surface area contributed by atoms with Crippen molar-refractivity contribution in [3.05, 3.63) is 39.5 Å². The number of benzene rings is 1. The summed E-state index contributed by atoms with van der Waals surface area (Å²) in [7, 11) is 0. The molecule has 0 aliphatic carbocycles. The number of rotatable bonds is 2. The lowest BCUT2D eigenvalue weighted by molar-refractivity contribution is 0.0689. The Morgan fingerprint density at radius 2 is 2.12 bits per heavy atom. The van der Waals surface area contributed by atoms with Crippen molar-refractivity contribution in [2.24, 2.45) is 0 Å². The van der Waals surface area contributed by atoms with Crippen LogP contribution >= 0.6 is 23.2 Å². The van der Waals surface area contributed by atoms with E-state index in [0.717, 1.165) is 0 Å². The third-order valence-corrected chi connectivity index (χ3v) is 2.96. The molecule has 17 heavy (non-hydrogen) atoms. The SMILES string of the molecule is Cc1c(-c2ccc(Cl)cc2Cl)n[nH]c1C(=O)O. The number of aromatic amines is 1. The molecule has 2 rings (SSSR count). The monoisotopic (exact) mass is 270 g/mol. The van der Waals surface area contributed by atoms with Crippen molar-refractivity contribution >= 4 is 29.2 Å². The van der Waals surface area contributed by atoms with Gasteiger partial charge in [-0.15, -0.1) is 0 Å². The number of hydrogen-bond acceptors (Lipinski definition) is 2. The smallest absolute Gasteiger partial charge is 0.354 e. The summed E-state index contributed by atoms with van der Waals surface area (Å²) in [5.41, 5.74) is 1.77. The Bertz CT molecular complexity index is 593. The summed E-state index contributed by atoms with van der Waals surface area (Å²) in [6.45, 7) is 1.67. The second-order valence-corrected chi connectivity index (χ2v) is 4.35. The van der Waals surface area contributed by atoms with Crippen molar-refractivity contribution in [2.75, 3.05) is 0 Å². The van der Waals surface area contributed by atoms with Crippen LogP contribution in [0, 0.1) is 6.92 Å². The zero-order valence-corrected chi connectivity index (χ0v) is 10.3. The zero-order chi connectivity index (χ0) is 12.6. The molecule has 0 saturated heterocycles. The van der Waals surface area contributed by atoms with E-state index in [4.69, 9.17) is 28.3 Å². The molecule has 2 aromatic rings. The first-order chi connectivity index (χ1) is 8.00. The molecule has 0 unspecified atom stereocenters. The number of H-pyrrole nitrogens is 1. The lowest BCUT2D eigenvalue weighted by atomic mass is 10.1. The highest BCUT2D eigenvalue weighted by atomic mass is 35.5. The second kappa shape index (κ2) is 4.39. The third kappa shape index (κ3) is 2.14. The first-order valence-corrected chi connectivity index (χ1v) is 5.50. The summed E-state index contributed by atoms with van der Waals surface area (Å²) in [6, 6.07) is 4.98. The van der Waals surface area contributed by atoms with Gasteiger partial charge in [0.15, 0.2) is 0 Å². The van der Waals surface area contributed by atoms with E-state index in [1.165, 1.54) is 0 Å². The van der Waals surface area contributed by atoms with Gasteiger partial charge in [-0.2, -0.15) is 5.10 Å². The van der Waals surface area contributed by atoms with Crippen LogP contribution in [0.2, 0.25) is 10.0 Å². The van der Waals surface area contributed by atoms with E-state index < -0.39 is 5.97 Å². The molecule has 0 spiro atoms. The fourth-order valence-corrected chi connectivity index (χ4v) is 2.05. The molecule has 1 heterocycles. The molecule has 1 aromatic heterocycles. The van der Waals surface area contributed by atoms with E-state index in [1.54, 1.807) is 25.1 Å². The van der Waals surface area contributed by atoms with E-state index in [1.807, 2.05) is 0 Å². The van der Waals surface area contributed by atoms with Gasteiger partial charge in [-0.05, 0) is 25.1 Å². The minimum atomic E-state index is -1.05. The maximum atomic E-state index is 10.9. The van der Waals surface area contributed by atoms with Crippen molar-refractivity contribution in [1.29, 1.82) is 0 Å². The van der Waals surface area contributed by atoms with E-state index in [-0.39, 0.29) is 5.69 Å². The van der Waals surface area contributed by atoms with E-state index in [2.05, 4.69) is 10.2 Å². The number of aromatic carboxylic acids is 1. The van der Waals surface area contributed by atoms with Crippen molar-refractivity contribution in [3.8, 4) is 11.3 Å². The Hall–Kier alpha value is -1.52. The van der Waals surface area contributed by atoms with Crippen molar-refractivity contribution in [1.82, 2.24) is 10.2 Å². The van der Waals surface area contributed by atoms with Gasteiger partial charge < -0.3 is 5.11 Å². The summed E-state index contributed by atoms with van der Waals surface area (Å²) in [4.78, 5) is 10.9. The lowest BCUT2D eigenvalue weighted by Gasteiger charge is -2.02. The fourth-order valence-electron chi connectivity index (χ4n) is 1.55. The Balaban J connectivity index is 2.57. The predicted molar refractivity (Wildman–Crippen MR) is 65.7 cm³/mol. The topological polar surface area (TPSA) is 66.0 Å². The standard InChI is InChI=1S/C11H8Cl2N2O2/c1-5-9(14-15-10(5)11(16)17)7-3-2-6(12)4-8(7)13/h2-4H,1H3,(H,14,15)(H,16,17). The summed E-state index contributed by atoms with van der Waals surface area (Å²) in [6.07, 6.45) is 0. The Labute approximate surface area is 107 Å². The number of halogens is 2. The molecule has 0 bridgehead atoms. The average molecular weight is 271 g/mol.